The number of hydrogen-bond acceptors (Lipinski definition) is 4. The van der Waals surface area contributed by atoms with Crippen LogP contribution in [0.4, 0.5) is 0 Å². The molecular formula is C21H31N3O3. The molecule has 1 aromatic rings. The van der Waals surface area contributed by atoms with E-state index in [1.165, 1.54) is 0 Å². The van der Waals surface area contributed by atoms with E-state index in [1.807, 2.05) is 40.1 Å². The van der Waals surface area contributed by atoms with Gasteiger partial charge in [-0.15, -0.1) is 0 Å². The van der Waals surface area contributed by atoms with Crippen LogP contribution < -0.4 is 5.73 Å². The van der Waals surface area contributed by atoms with Crippen LogP contribution in [0.15, 0.2) is 30.3 Å². The normalized spacial score (nSPS) is 20.7. The van der Waals surface area contributed by atoms with Gasteiger partial charge in [0.15, 0.2) is 0 Å². The number of likely N-dealkylation sites (tertiary alicyclic amines) is 2. The second-order valence-corrected chi connectivity index (χ2v) is 8.01. The fraction of sp³-hybridized carbons (Fsp3) is 0.619. The SMILES string of the molecule is N[C@@H](Cc1ccccc1)C(=O)N1CCC2(CCC(=O)N(CCCO)C2)CC1. The summed E-state index contributed by atoms with van der Waals surface area (Å²) in [6, 6.07) is 9.38. The molecule has 2 fully saturated rings. The molecule has 1 spiro atoms. The van der Waals surface area contributed by atoms with Crippen molar-refractivity contribution in [3.63, 3.8) is 0 Å². The van der Waals surface area contributed by atoms with Crippen molar-refractivity contribution >= 4 is 11.8 Å². The van der Waals surface area contributed by atoms with Crippen LogP contribution in [0.25, 0.3) is 0 Å². The molecule has 0 radical (unpaired) electrons. The minimum absolute atomic E-state index is 0.0257. The average Bonchev–Trinajstić information content (AvgIpc) is 2.70. The van der Waals surface area contributed by atoms with Gasteiger partial charge in [-0.3, -0.25) is 9.59 Å². The summed E-state index contributed by atoms with van der Waals surface area (Å²) in [6.45, 7) is 2.91. The molecule has 6 nitrogen and oxygen atoms in total. The van der Waals surface area contributed by atoms with Gasteiger partial charge in [0.1, 0.15) is 0 Å². The maximum Gasteiger partial charge on any atom is 0.239 e. The number of nitrogens with two attached hydrogens (primary N) is 1. The molecule has 2 amide bonds. The smallest absolute Gasteiger partial charge is 0.239 e. The van der Waals surface area contributed by atoms with Crippen molar-refractivity contribution in [1.82, 2.24) is 9.80 Å². The predicted octanol–water partition coefficient (Wildman–Crippen LogP) is 1.17. The van der Waals surface area contributed by atoms with E-state index < -0.39 is 6.04 Å². The average molecular weight is 373 g/mol. The number of carbonyl (C=O) groups excluding carboxylic acids is 2. The van der Waals surface area contributed by atoms with Crippen LogP contribution in [-0.4, -0.2) is 65.5 Å². The molecule has 0 unspecified atom stereocenters. The van der Waals surface area contributed by atoms with Crippen LogP contribution >= 0.6 is 0 Å². The van der Waals surface area contributed by atoms with Crippen molar-refractivity contribution in [3.8, 4) is 0 Å². The van der Waals surface area contributed by atoms with Crippen LogP contribution in [0.1, 0.15) is 37.7 Å². The summed E-state index contributed by atoms with van der Waals surface area (Å²) in [5.41, 5.74) is 7.37. The Bertz CT molecular complexity index is 641. The lowest BCUT2D eigenvalue weighted by molar-refractivity contribution is -0.143. The number of aliphatic hydroxyl groups is 1. The molecule has 1 aromatic carbocycles. The van der Waals surface area contributed by atoms with Crippen LogP contribution in [0.2, 0.25) is 0 Å². The number of amides is 2. The zero-order valence-electron chi connectivity index (χ0n) is 16.0. The number of rotatable bonds is 6. The number of aliphatic hydroxyl groups excluding tert-OH is 1. The first-order chi connectivity index (χ1) is 13.0. The summed E-state index contributed by atoms with van der Waals surface area (Å²) >= 11 is 0. The second-order valence-electron chi connectivity index (χ2n) is 8.01. The largest absolute Gasteiger partial charge is 0.396 e. The third-order valence-corrected chi connectivity index (χ3v) is 6.09. The van der Waals surface area contributed by atoms with Gasteiger partial charge >= 0.3 is 0 Å². The Balaban J connectivity index is 1.53. The van der Waals surface area contributed by atoms with Crippen LogP contribution in [0, 0.1) is 5.41 Å². The molecule has 2 heterocycles. The molecule has 3 rings (SSSR count). The highest BCUT2D eigenvalue weighted by Crippen LogP contribution is 2.40. The van der Waals surface area contributed by atoms with Gasteiger partial charge in [0.05, 0.1) is 6.04 Å². The third-order valence-electron chi connectivity index (χ3n) is 6.09. The van der Waals surface area contributed by atoms with E-state index in [4.69, 9.17) is 10.8 Å². The van der Waals surface area contributed by atoms with Crippen molar-refractivity contribution in [1.29, 1.82) is 0 Å². The molecule has 0 aliphatic carbocycles. The molecule has 2 saturated heterocycles. The molecule has 3 N–H and O–H groups in total. The number of piperidine rings is 2. The van der Waals surface area contributed by atoms with Crippen molar-refractivity contribution in [2.75, 3.05) is 32.8 Å². The minimum atomic E-state index is -0.504. The number of nitrogens with zero attached hydrogens (tertiary/aromatic N) is 2. The molecular weight excluding hydrogens is 342 g/mol. The van der Waals surface area contributed by atoms with Crippen LogP contribution in [-0.2, 0) is 16.0 Å². The maximum atomic E-state index is 12.7. The zero-order chi connectivity index (χ0) is 19.3. The van der Waals surface area contributed by atoms with Gasteiger partial charge in [-0.25, -0.2) is 0 Å². The Morgan fingerprint density at radius 2 is 1.89 bits per heavy atom. The molecule has 0 saturated carbocycles. The zero-order valence-corrected chi connectivity index (χ0v) is 16.0. The van der Waals surface area contributed by atoms with E-state index in [0.717, 1.165) is 31.4 Å². The van der Waals surface area contributed by atoms with E-state index in [1.54, 1.807) is 0 Å². The highest BCUT2D eigenvalue weighted by Gasteiger charge is 2.41. The summed E-state index contributed by atoms with van der Waals surface area (Å²) in [4.78, 5) is 28.7. The topological polar surface area (TPSA) is 86.9 Å². The van der Waals surface area contributed by atoms with Crippen molar-refractivity contribution in [3.05, 3.63) is 35.9 Å². The van der Waals surface area contributed by atoms with Crippen molar-refractivity contribution in [2.45, 2.75) is 44.6 Å². The lowest BCUT2D eigenvalue weighted by atomic mass is 9.72. The Morgan fingerprint density at radius 3 is 2.56 bits per heavy atom. The highest BCUT2D eigenvalue weighted by molar-refractivity contribution is 5.82. The number of hydrogen-bond donors (Lipinski definition) is 2. The fourth-order valence-electron chi connectivity index (χ4n) is 4.37. The first kappa shape index (κ1) is 19.8. The third kappa shape index (κ3) is 4.87. The highest BCUT2D eigenvalue weighted by atomic mass is 16.3. The first-order valence-corrected chi connectivity index (χ1v) is 10.00. The molecule has 0 bridgehead atoms. The van der Waals surface area contributed by atoms with E-state index in [2.05, 4.69) is 0 Å². The Morgan fingerprint density at radius 1 is 1.19 bits per heavy atom. The monoisotopic (exact) mass is 373 g/mol. The standard InChI is InChI=1S/C21H31N3O3/c22-18(15-17-5-2-1-3-6-17)20(27)23-12-9-21(10-13-23)8-7-19(26)24(16-21)11-4-14-25/h1-3,5-6,18,25H,4,7-16,22H2/t18-/m0/s1. The van der Waals surface area contributed by atoms with Gasteiger partial charge in [-0.1, -0.05) is 30.3 Å². The van der Waals surface area contributed by atoms with E-state index in [-0.39, 0.29) is 23.8 Å². The molecule has 1 atom stereocenters. The molecule has 2 aliphatic rings. The maximum absolute atomic E-state index is 12.7. The summed E-state index contributed by atoms with van der Waals surface area (Å²) in [7, 11) is 0. The van der Waals surface area contributed by atoms with Crippen LogP contribution in [0.3, 0.4) is 0 Å². The molecule has 27 heavy (non-hydrogen) atoms. The summed E-state index contributed by atoms with van der Waals surface area (Å²) in [5, 5.41) is 9.04. The Hall–Kier alpha value is -1.92. The molecule has 2 aliphatic heterocycles. The molecule has 148 valence electrons. The van der Waals surface area contributed by atoms with Gasteiger partial charge in [0, 0.05) is 39.2 Å². The lowest BCUT2D eigenvalue weighted by Crippen LogP contribution is -2.54. The second kappa shape index (κ2) is 8.85. The number of carbonyl (C=O) groups is 2. The van der Waals surface area contributed by atoms with E-state index in [9.17, 15) is 9.59 Å². The summed E-state index contributed by atoms with van der Waals surface area (Å²) in [6.07, 6.45) is 4.50. The first-order valence-electron chi connectivity index (χ1n) is 10.00. The van der Waals surface area contributed by atoms with Gasteiger partial charge in [0.25, 0.3) is 0 Å². The Kier molecular flexibility index (Phi) is 6.50. The predicted molar refractivity (Wildman–Crippen MR) is 104 cm³/mol. The summed E-state index contributed by atoms with van der Waals surface area (Å²) in [5.74, 6) is 0.218. The lowest BCUT2D eigenvalue weighted by Gasteiger charge is -2.47. The quantitative estimate of drug-likeness (QED) is 0.784. The Labute approximate surface area is 161 Å². The van der Waals surface area contributed by atoms with E-state index >= 15 is 0 Å². The number of benzene rings is 1. The fourth-order valence-corrected chi connectivity index (χ4v) is 4.37. The van der Waals surface area contributed by atoms with Crippen LogP contribution in [0.5, 0.6) is 0 Å². The van der Waals surface area contributed by atoms with Gasteiger partial charge in [-0.2, -0.15) is 0 Å². The van der Waals surface area contributed by atoms with Gasteiger partial charge < -0.3 is 20.6 Å². The van der Waals surface area contributed by atoms with Crippen molar-refractivity contribution in [2.24, 2.45) is 11.1 Å². The van der Waals surface area contributed by atoms with Gasteiger partial charge in [0.2, 0.25) is 11.8 Å². The van der Waals surface area contributed by atoms with Gasteiger partial charge in [-0.05, 0) is 43.1 Å². The van der Waals surface area contributed by atoms with E-state index in [0.29, 0.717) is 38.9 Å². The molecule has 0 aromatic heterocycles. The van der Waals surface area contributed by atoms with Crippen molar-refractivity contribution < 1.29 is 14.7 Å². The minimum Gasteiger partial charge on any atom is -0.396 e. The molecule has 6 heteroatoms. The summed E-state index contributed by atoms with van der Waals surface area (Å²) < 4.78 is 0.